The van der Waals surface area contributed by atoms with Crippen LogP contribution in [0.4, 0.5) is 0 Å². The van der Waals surface area contributed by atoms with E-state index in [0.717, 1.165) is 18.4 Å². The number of aryl methyl sites for hydroxylation is 1. The monoisotopic (exact) mass is 311 g/mol. The van der Waals surface area contributed by atoms with Gasteiger partial charge in [0.15, 0.2) is 0 Å². The smallest absolute Gasteiger partial charge is 0.243 e. The molecular weight excluding hydrogens is 290 g/mol. The SMILES string of the molecule is CO[C@@H]1CCOC2(C1)CN(S(=O)(=O)c1ccc(C)cc1)C2. The number of rotatable bonds is 3. The lowest BCUT2D eigenvalue weighted by Gasteiger charge is -2.51. The second-order valence-corrected chi connectivity index (χ2v) is 7.91. The van der Waals surface area contributed by atoms with Crippen molar-refractivity contribution in [2.45, 2.75) is 36.4 Å². The number of sulfonamides is 1. The van der Waals surface area contributed by atoms with E-state index < -0.39 is 10.0 Å². The second-order valence-electron chi connectivity index (χ2n) is 5.97. The van der Waals surface area contributed by atoms with Crippen LogP contribution in [0.5, 0.6) is 0 Å². The molecule has 0 amide bonds. The molecule has 0 N–H and O–H groups in total. The zero-order valence-corrected chi connectivity index (χ0v) is 13.2. The molecule has 3 rings (SSSR count). The van der Waals surface area contributed by atoms with Gasteiger partial charge in [-0.15, -0.1) is 0 Å². The van der Waals surface area contributed by atoms with Gasteiger partial charge in [0.05, 0.1) is 16.6 Å². The molecule has 2 aliphatic heterocycles. The van der Waals surface area contributed by atoms with E-state index >= 15 is 0 Å². The normalized spacial score (nSPS) is 25.7. The highest BCUT2D eigenvalue weighted by atomic mass is 32.2. The van der Waals surface area contributed by atoms with Crippen LogP contribution in [0.15, 0.2) is 29.2 Å². The largest absolute Gasteiger partial charge is 0.381 e. The highest BCUT2D eigenvalue weighted by Crippen LogP contribution is 2.38. The summed E-state index contributed by atoms with van der Waals surface area (Å²) in [5.74, 6) is 0. The lowest BCUT2D eigenvalue weighted by Crippen LogP contribution is -2.67. The zero-order valence-electron chi connectivity index (χ0n) is 12.4. The van der Waals surface area contributed by atoms with Crippen LogP contribution in [-0.2, 0) is 19.5 Å². The van der Waals surface area contributed by atoms with Crippen molar-refractivity contribution in [1.82, 2.24) is 4.31 Å². The molecule has 116 valence electrons. The van der Waals surface area contributed by atoms with Crippen molar-refractivity contribution < 1.29 is 17.9 Å². The molecule has 0 bridgehead atoms. The average Bonchev–Trinajstić information content (AvgIpc) is 2.45. The van der Waals surface area contributed by atoms with Crippen LogP contribution in [-0.4, -0.2) is 51.2 Å². The quantitative estimate of drug-likeness (QED) is 0.850. The summed E-state index contributed by atoms with van der Waals surface area (Å²) in [5.41, 5.74) is 0.698. The standard InChI is InChI=1S/C15H21NO4S/c1-12-3-5-14(6-4-12)21(17,18)16-10-15(11-16)9-13(19-2)7-8-20-15/h3-6,13H,7-11H2,1-2H3/t13-/m1/s1. The van der Waals surface area contributed by atoms with E-state index in [2.05, 4.69) is 0 Å². The Kier molecular flexibility index (Phi) is 3.81. The Morgan fingerprint density at radius 1 is 1.29 bits per heavy atom. The highest BCUT2D eigenvalue weighted by Gasteiger charge is 2.52. The minimum Gasteiger partial charge on any atom is -0.381 e. The predicted molar refractivity (Wildman–Crippen MR) is 78.7 cm³/mol. The fourth-order valence-electron chi connectivity index (χ4n) is 3.03. The van der Waals surface area contributed by atoms with Gasteiger partial charge in [-0.05, 0) is 25.5 Å². The first-order valence-corrected chi connectivity index (χ1v) is 8.63. The van der Waals surface area contributed by atoms with Crippen LogP contribution in [0.2, 0.25) is 0 Å². The lowest BCUT2D eigenvalue weighted by atomic mass is 9.86. The average molecular weight is 311 g/mol. The molecule has 0 unspecified atom stereocenters. The van der Waals surface area contributed by atoms with Gasteiger partial charge in [-0.3, -0.25) is 0 Å². The Morgan fingerprint density at radius 3 is 2.57 bits per heavy atom. The summed E-state index contributed by atoms with van der Waals surface area (Å²) in [6.45, 7) is 3.42. The first kappa shape index (κ1) is 15.0. The third-order valence-electron chi connectivity index (χ3n) is 4.37. The molecule has 1 aromatic rings. The molecule has 1 aromatic carbocycles. The van der Waals surface area contributed by atoms with E-state index in [4.69, 9.17) is 9.47 Å². The maximum absolute atomic E-state index is 12.5. The molecule has 1 spiro atoms. The van der Waals surface area contributed by atoms with Crippen molar-refractivity contribution in [1.29, 1.82) is 0 Å². The maximum Gasteiger partial charge on any atom is 0.243 e. The van der Waals surface area contributed by atoms with Gasteiger partial charge in [0.1, 0.15) is 0 Å². The fourth-order valence-corrected chi connectivity index (χ4v) is 4.62. The van der Waals surface area contributed by atoms with Gasteiger partial charge in [-0.2, -0.15) is 4.31 Å². The molecule has 2 saturated heterocycles. The lowest BCUT2D eigenvalue weighted by molar-refractivity contribution is -0.173. The van der Waals surface area contributed by atoms with Crippen LogP contribution in [0.3, 0.4) is 0 Å². The van der Waals surface area contributed by atoms with Crippen LogP contribution in [0.1, 0.15) is 18.4 Å². The molecule has 5 nitrogen and oxygen atoms in total. The first-order chi connectivity index (χ1) is 9.95. The predicted octanol–water partition coefficient (Wildman–Crippen LogP) is 1.56. The summed E-state index contributed by atoms with van der Waals surface area (Å²) in [7, 11) is -1.71. The molecule has 2 fully saturated rings. The molecule has 2 heterocycles. The highest BCUT2D eigenvalue weighted by molar-refractivity contribution is 7.89. The molecule has 0 aromatic heterocycles. The van der Waals surface area contributed by atoms with Crippen LogP contribution in [0, 0.1) is 6.92 Å². The van der Waals surface area contributed by atoms with E-state index in [9.17, 15) is 8.42 Å². The van der Waals surface area contributed by atoms with Crippen molar-refractivity contribution in [3.05, 3.63) is 29.8 Å². The molecule has 21 heavy (non-hydrogen) atoms. The Bertz CT molecular complexity index is 605. The number of nitrogens with zero attached hydrogens (tertiary/aromatic N) is 1. The number of methoxy groups -OCH3 is 1. The number of hydrogen-bond donors (Lipinski definition) is 0. The van der Waals surface area contributed by atoms with E-state index in [1.165, 1.54) is 4.31 Å². The summed E-state index contributed by atoms with van der Waals surface area (Å²) in [5, 5.41) is 0. The van der Waals surface area contributed by atoms with Crippen molar-refractivity contribution in [2.75, 3.05) is 26.8 Å². The summed E-state index contributed by atoms with van der Waals surface area (Å²) < 4.78 is 37.8. The van der Waals surface area contributed by atoms with Gasteiger partial charge < -0.3 is 9.47 Å². The van der Waals surface area contributed by atoms with Gasteiger partial charge in [-0.1, -0.05) is 17.7 Å². The van der Waals surface area contributed by atoms with E-state index in [1.54, 1.807) is 19.2 Å². The molecule has 2 aliphatic rings. The van der Waals surface area contributed by atoms with Crippen LogP contribution >= 0.6 is 0 Å². The minimum absolute atomic E-state index is 0.169. The van der Waals surface area contributed by atoms with Crippen LogP contribution in [0.25, 0.3) is 0 Å². The first-order valence-electron chi connectivity index (χ1n) is 7.19. The van der Waals surface area contributed by atoms with Gasteiger partial charge in [0, 0.05) is 33.2 Å². The van der Waals surface area contributed by atoms with Gasteiger partial charge in [0.25, 0.3) is 0 Å². The fraction of sp³-hybridized carbons (Fsp3) is 0.600. The molecule has 0 radical (unpaired) electrons. The zero-order chi connectivity index (χ0) is 15.1. The topological polar surface area (TPSA) is 55.8 Å². The maximum atomic E-state index is 12.5. The van der Waals surface area contributed by atoms with Gasteiger partial charge >= 0.3 is 0 Å². The van der Waals surface area contributed by atoms with E-state index in [0.29, 0.717) is 24.6 Å². The Labute approximate surface area is 125 Å². The van der Waals surface area contributed by atoms with E-state index in [-0.39, 0.29) is 11.7 Å². The Morgan fingerprint density at radius 2 is 1.95 bits per heavy atom. The second kappa shape index (κ2) is 5.35. The van der Waals surface area contributed by atoms with Crippen LogP contribution < -0.4 is 0 Å². The molecule has 0 saturated carbocycles. The van der Waals surface area contributed by atoms with Crippen molar-refractivity contribution in [2.24, 2.45) is 0 Å². The summed E-state index contributed by atoms with van der Waals surface area (Å²) in [4.78, 5) is 0.349. The van der Waals surface area contributed by atoms with Gasteiger partial charge in [0.2, 0.25) is 10.0 Å². The molecule has 0 aliphatic carbocycles. The van der Waals surface area contributed by atoms with Crippen molar-refractivity contribution >= 4 is 10.0 Å². The summed E-state index contributed by atoms with van der Waals surface area (Å²) >= 11 is 0. The number of hydrogen-bond acceptors (Lipinski definition) is 4. The molecule has 1 atom stereocenters. The third-order valence-corrected chi connectivity index (χ3v) is 6.17. The Hall–Kier alpha value is -0.950. The van der Waals surface area contributed by atoms with Gasteiger partial charge in [-0.25, -0.2) is 8.42 Å². The van der Waals surface area contributed by atoms with Crippen molar-refractivity contribution in [3.63, 3.8) is 0 Å². The number of benzene rings is 1. The van der Waals surface area contributed by atoms with Crippen molar-refractivity contribution in [3.8, 4) is 0 Å². The number of ether oxygens (including phenoxy) is 2. The summed E-state index contributed by atoms with van der Waals surface area (Å²) in [6.07, 6.45) is 1.81. The minimum atomic E-state index is -3.41. The Balaban J connectivity index is 1.71. The molecule has 6 heteroatoms. The molecular formula is C15H21NO4S. The summed E-state index contributed by atoms with van der Waals surface area (Å²) in [6, 6.07) is 6.96. The van der Waals surface area contributed by atoms with E-state index in [1.807, 2.05) is 19.1 Å². The third kappa shape index (κ3) is 2.73.